The Morgan fingerprint density at radius 3 is 2.57 bits per heavy atom. The van der Waals surface area contributed by atoms with Crippen LogP contribution in [0.1, 0.15) is 0 Å². The van der Waals surface area contributed by atoms with E-state index in [4.69, 9.17) is 0 Å². The number of halogens is 1. The highest BCUT2D eigenvalue weighted by molar-refractivity contribution is 9.10. The Morgan fingerprint density at radius 2 is 1.86 bits per heavy atom. The largest absolute Gasteiger partial charge is 0.284 e. The number of aromatic nitrogens is 2. The van der Waals surface area contributed by atoms with Crippen LogP contribution in [0.3, 0.4) is 0 Å². The molecule has 1 heterocycles. The summed E-state index contributed by atoms with van der Waals surface area (Å²) in [5.74, 6) is 0. The van der Waals surface area contributed by atoms with Crippen LogP contribution in [0.15, 0.2) is 39.7 Å². The second kappa shape index (κ2) is 3.98. The Labute approximate surface area is 92.9 Å². The van der Waals surface area contributed by atoms with Gasteiger partial charge in [-0.3, -0.25) is 4.79 Å². The minimum absolute atomic E-state index is 0.171. The zero-order valence-corrected chi connectivity index (χ0v) is 9.38. The fourth-order valence-electron chi connectivity index (χ4n) is 1.06. The molecule has 0 radical (unpaired) electrons. The van der Waals surface area contributed by atoms with E-state index in [1.165, 1.54) is 0 Å². The fourth-order valence-corrected chi connectivity index (χ4v) is 1.90. The highest BCUT2D eigenvalue weighted by Crippen LogP contribution is 2.14. The second-order valence-corrected chi connectivity index (χ2v) is 3.88. The van der Waals surface area contributed by atoms with E-state index in [1.807, 2.05) is 30.3 Å². The molecule has 0 saturated heterocycles. The minimum atomic E-state index is -0.171. The summed E-state index contributed by atoms with van der Waals surface area (Å²) < 4.78 is 8.11. The number of nitrogens with zero attached hydrogens (tertiary/aromatic N) is 2. The van der Waals surface area contributed by atoms with E-state index >= 15 is 0 Å². The summed E-state index contributed by atoms with van der Waals surface area (Å²) in [4.78, 5) is 11.6. The van der Waals surface area contributed by atoms with E-state index in [-0.39, 0.29) is 5.43 Å². The van der Waals surface area contributed by atoms with Crippen molar-refractivity contribution in [3.05, 3.63) is 45.2 Å². The van der Waals surface area contributed by atoms with Gasteiger partial charge >= 0.3 is 0 Å². The molecule has 0 aliphatic heterocycles. The van der Waals surface area contributed by atoms with Crippen molar-refractivity contribution in [1.82, 2.24) is 8.75 Å². The number of hydrogen-bond acceptors (Lipinski definition) is 4. The molecule has 1 aromatic heterocycles. The summed E-state index contributed by atoms with van der Waals surface area (Å²) in [6.45, 7) is 0. The summed E-state index contributed by atoms with van der Waals surface area (Å²) in [5.41, 5.74) is 1.09. The topological polar surface area (TPSA) is 42.9 Å². The maximum absolute atomic E-state index is 11.6. The van der Waals surface area contributed by atoms with Crippen molar-refractivity contribution in [2.75, 3.05) is 0 Å². The van der Waals surface area contributed by atoms with Gasteiger partial charge in [0.05, 0.1) is 11.7 Å². The lowest BCUT2D eigenvalue weighted by molar-refractivity contribution is 1.30. The van der Waals surface area contributed by atoms with E-state index in [9.17, 15) is 4.79 Å². The number of rotatable bonds is 1. The van der Waals surface area contributed by atoms with Gasteiger partial charge in [-0.05, 0) is 15.9 Å². The first kappa shape index (κ1) is 9.48. The standard InChI is InChI=1S/C9H5BrN2OS/c10-9-8(13)7(11-14-12-9)6-4-2-1-3-5-6/h1-5H. The molecule has 0 saturated carbocycles. The number of benzene rings is 1. The van der Waals surface area contributed by atoms with Crippen molar-refractivity contribution in [2.24, 2.45) is 0 Å². The SMILES string of the molecule is O=c1c(Br)nsnc1-c1ccccc1. The van der Waals surface area contributed by atoms with Crippen LogP contribution < -0.4 is 5.43 Å². The molecule has 70 valence electrons. The van der Waals surface area contributed by atoms with Crippen molar-refractivity contribution < 1.29 is 0 Å². The molecule has 0 amide bonds. The first-order valence-corrected chi connectivity index (χ1v) is 5.39. The molecule has 0 aliphatic carbocycles. The molecule has 14 heavy (non-hydrogen) atoms. The molecule has 0 aliphatic rings. The van der Waals surface area contributed by atoms with E-state index < -0.39 is 0 Å². The summed E-state index contributed by atoms with van der Waals surface area (Å²) in [6, 6.07) is 9.34. The molecule has 5 heteroatoms. The van der Waals surface area contributed by atoms with Crippen molar-refractivity contribution in [1.29, 1.82) is 0 Å². The monoisotopic (exact) mass is 268 g/mol. The Morgan fingerprint density at radius 1 is 1.14 bits per heavy atom. The molecule has 2 rings (SSSR count). The first-order chi connectivity index (χ1) is 6.79. The van der Waals surface area contributed by atoms with Gasteiger partial charge in [-0.2, -0.15) is 8.75 Å². The van der Waals surface area contributed by atoms with Gasteiger partial charge in [-0.15, -0.1) is 0 Å². The lowest BCUT2D eigenvalue weighted by Crippen LogP contribution is -2.07. The molecule has 0 unspecified atom stereocenters. The fraction of sp³-hybridized carbons (Fsp3) is 0. The third-order valence-corrected chi connectivity index (χ3v) is 3.00. The molecular weight excluding hydrogens is 264 g/mol. The van der Waals surface area contributed by atoms with E-state index in [0.717, 1.165) is 17.3 Å². The molecule has 0 bridgehead atoms. The Hall–Kier alpha value is -1.07. The van der Waals surface area contributed by atoms with Gasteiger partial charge in [-0.1, -0.05) is 30.3 Å². The van der Waals surface area contributed by atoms with Gasteiger partial charge in [0, 0.05) is 5.56 Å². The van der Waals surface area contributed by atoms with Crippen molar-refractivity contribution in [3.8, 4) is 11.3 Å². The van der Waals surface area contributed by atoms with Crippen LogP contribution in [0.25, 0.3) is 11.3 Å². The molecular formula is C9H5BrN2OS. The molecule has 3 nitrogen and oxygen atoms in total. The van der Waals surface area contributed by atoms with Crippen LogP contribution in [0, 0.1) is 0 Å². The summed E-state index contributed by atoms with van der Waals surface area (Å²) in [6.07, 6.45) is 0. The average Bonchev–Trinajstić information content (AvgIpc) is 2.23. The van der Waals surface area contributed by atoms with Crippen molar-refractivity contribution >= 4 is 27.7 Å². The molecule has 0 atom stereocenters. The minimum Gasteiger partial charge on any atom is -0.284 e. The number of hydrogen-bond donors (Lipinski definition) is 0. The Kier molecular flexibility index (Phi) is 2.69. The van der Waals surface area contributed by atoms with E-state index in [0.29, 0.717) is 10.3 Å². The van der Waals surface area contributed by atoms with Gasteiger partial charge in [0.15, 0.2) is 4.60 Å². The zero-order valence-electron chi connectivity index (χ0n) is 6.98. The molecule has 2 aromatic rings. The lowest BCUT2D eigenvalue weighted by Gasteiger charge is -1.96. The first-order valence-electron chi connectivity index (χ1n) is 3.87. The van der Waals surface area contributed by atoms with Crippen LogP contribution in [-0.2, 0) is 0 Å². The maximum atomic E-state index is 11.6. The van der Waals surface area contributed by atoms with Gasteiger partial charge in [0.1, 0.15) is 5.69 Å². The maximum Gasteiger partial charge on any atom is 0.239 e. The molecule has 0 fully saturated rings. The predicted octanol–water partition coefficient (Wildman–Crippen LogP) is 2.33. The lowest BCUT2D eigenvalue weighted by atomic mass is 10.1. The average molecular weight is 269 g/mol. The Bertz CT molecular complexity index is 498. The highest BCUT2D eigenvalue weighted by atomic mass is 79.9. The second-order valence-electron chi connectivity index (χ2n) is 2.60. The predicted molar refractivity (Wildman–Crippen MR) is 59.3 cm³/mol. The summed E-state index contributed by atoms with van der Waals surface area (Å²) in [7, 11) is 0. The quantitative estimate of drug-likeness (QED) is 0.798. The van der Waals surface area contributed by atoms with Crippen molar-refractivity contribution in [3.63, 3.8) is 0 Å². The van der Waals surface area contributed by atoms with Crippen LogP contribution in [0.4, 0.5) is 0 Å². The smallest absolute Gasteiger partial charge is 0.239 e. The highest BCUT2D eigenvalue weighted by Gasteiger charge is 2.07. The Balaban J connectivity index is 2.64. The molecule has 0 spiro atoms. The van der Waals surface area contributed by atoms with E-state index in [1.54, 1.807) is 0 Å². The van der Waals surface area contributed by atoms with Crippen LogP contribution in [0.2, 0.25) is 0 Å². The molecule has 0 N–H and O–H groups in total. The normalized spacial score (nSPS) is 10.1. The van der Waals surface area contributed by atoms with Gasteiger partial charge < -0.3 is 0 Å². The van der Waals surface area contributed by atoms with Crippen LogP contribution >= 0.6 is 27.7 Å². The summed E-state index contributed by atoms with van der Waals surface area (Å²) in [5, 5.41) is 0. The third kappa shape index (κ3) is 1.73. The van der Waals surface area contributed by atoms with Gasteiger partial charge in [-0.25, -0.2) is 0 Å². The summed E-state index contributed by atoms with van der Waals surface area (Å²) >= 11 is 4.11. The van der Waals surface area contributed by atoms with Gasteiger partial charge in [0.25, 0.3) is 0 Å². The van der Waals surface area contributed by atoms with Crippen LogP contribution in [-0.4, -0.2) is 8.75 Å². The molecule has 1 aromatic carbocycles. The van der Waals surface area contributed by atoms with Crippen molar-refractivity contribution in [2.45, 2.75) is 0 Å². The third-order valence-electron chi connectivity index (χ3n) is 1.70. The zero-order chi connectivity index (χ0) is 9.97. The van der Waals surface area contributed by atoms with E-state index in [2.05, 4.69) is 24.7 Å². The van der Waals surface area contributed by atoms with Crippen LogP contribution in [0.5, 0.6) is 0 Å². The van der Waals surface area contributed by atoms with Gasteiger partial charge in [0.2, 0.25) is 5.43 Å².